The van der Waals surface area contributed by atoms with Crippen LogP contribution in [0.4, 0.5) is 0 Å². The summed E-state index contributed by atoms with van der Waals surface area (Å²) in [6.45, 7) is 2.38. The highest BCUT2D eigenvalue weighted by atomic mass is 35.5. The fraction of sp³-hybridized carbons (Fsp3) is 0.364. The van der Waals surface area contributed by atoms with Gasteiger partial charge in [-0.3, -0.25) is 9.59 Å². The van der Waals surface area contributed by atoms with E-state index in [1.807, 2.05) is 6.92 Å². The molecule has 0 aromatic heterocycles. The summed E-state index contributed by atoms with van der Waals surface area (Å²) >= 11 is 18.4. The van der Waals surface area contributed by atoms with Gasteiger partial charge in [-0.25, -0.2) is 0 Å². The number of nitrogens with zero attached hydrogens (tertiary/aromatic N) is 1. The maximum absolute atomic E-state index is 13.0. The number of halogens is 3. The minimum Gasteiger partial charge on any atom is -0.494 e. The molecule has 5 nitrogen and oxygen atoms in total. The zero-order valence-electron chi connectivity index (χ0n) is 17.0. The number of rotatable bonds is 10. The summed E-state index contributed by atoms with van der Waals surface area (Å²) in [5.41, 5.74) is 0.619. The minimum atomic E-state index is -0.618. The van der Waals surface area contributed by atoms with Crippen LogP contribution in [0.2, 0.25) is 15.1 Å². The molecule has 0 saturated carbocycles. The van der Waals surface area contributed by atoms with Gasteiger partial charge in [0.15, 0.2) is 0 Å². The number of hydrogen-bond acceptors (Lipinski definition) is 3. The number of carbonyl (C=O) groups is 2. The average Bonchev–Trinajstić information content (AvgIpc) is 2.73. The van der Waals surface area contributed by atoms with E-state index >= 15 is 0 Å². The molecule has 1 N–H and O–H groups in total. The molecule has 0 aliphatic carbocycles. The Bertz CT molecular complexity index is 839. The van der Waals surface area contributed by atoms with E-state index < -0.39 is 6.04 Å². The summed E-state index contributed by atoms with van der Waals surface area (Å²) in [6.07, 6.45) is 1.19. The second-order valence-corrected chi connectivity index (χ2v) is 7.92. The molecular formula is C22H25Cl3N2O3. The number of hydrogen-bond donors (Lipinski definition) is 1. The molecule has 2 aromatic carbocycles. The molecule has 0 fully saturated rings. The van der Waals surface area contributed by atoms with Crippen molar-refractivity contribution >= 4 is 46.6 Å². The third-order valence-electron chi connectivity index (χ3n) is 4.64. The van der Waals surface area contributed by atoms with Crippen molar-refractivity contribution in [2.75, 3.05) is 13.7 Å². The molecule has 1 atom stereocenters. The van der Waals surface area contributed by atoms with Gasteiger partial charge in [-0.15, -0.1) is 0 Å². The monoisotopic (exact) mass is 470 g/mol. The van der Waals surface area contributed by atoms with Gasteiger partial charge in [0, 0.05) is 40.6 Å². The van der Waals surface area contributed by atoms with Crippen molar-refractivity contribution in [1.29, 1.82) is 0 Å². The predicted octanol–water partition coefficient (Wildman–Crippen LogP) is 5.36. The third kappa shape index (κ3) is 6.79. The molecule has 0 saturated heterocycles. The van der Waals surface area contributed by atoms with Crippen LogP contribution in [-0.2, 0) is 16.1 Å². The quantitative estimate of drug-likeness (QED) is 0.475. The van der Waals surface area contributed by atoms with Gasteiger partial charge in [0.25, 0.3) is 0 Å². The Labute approximate surface area is 192 Å². The van der Waals surface area contributed by atoms with Gasteiger partial charge < -0.3 is 15.0 Å². The number of nitrogens with one attached hydrogen (secondary N) is 1. The number of ether oxygens (including phenoxy) is 1. The lowest BCUT2D eigenvalue weighted by Gasteiger charge is -2.31. The van der Waals surface area contributed by atoms with Gasteiger partial charge in [-0.2, -0.15) is 0 Å². The maximum atomic E-state index is 13.0. The third-order valence-corrected chi connectivity index (χ3v) is 5.60. The Balaban J connectivity index is 2.07. The van der Waals surface area contributed by atoms with E-state index in [4.69, 9.17) is 39.5 Å². The van der Waals surface area contributed by atoms with Crippen molar-refractivity contribution in [2.45, 2.75) is 38.8 Å². The fourth-order valence-corrected chi connectivity index (χ4v) is 3.67. The molecule has 0 unspecified atom stereocenters. The summed E-state index contributed by atoms with van der Waals surface area (Å²) in [5, 5.41) is 4.17. The molecule has 0 radical (unpaired) electrons. The van der Waals surface area contributed by atoms with Gasteiger partial charge in [-0.1, -0.05) is 47.8 Å². The van der Waals surface area contributed by atoms with Crippen LogP contribution >= 0.6 is 34.8 Å². The van der Waals surface area contributed by atoms with Gasteiger partial charge >= 0.3 is 0 Å². The Hall–Kier alpha value is -1.95. The topological polar surface area (TPSA) is 58.6 Å². The highest BCUT2D eigenvalue weighted by Gasteiger charge is 2.28. The highest BCUT2D eigenvalue weighted by molar-refractivity contribution is 6.36. The van der Waals surface area contributed by atoms with E-state index in [9.17, 15) is 9.59 Å². The van der Waals surface area contributed by atoms with Crippen molar-refractivity contribution in [3.63, 3.8) is 0 Å². The second-order valence-electron chi connectivity index (χ2n) is 6.67. The fourth-order valence-electron chi connectivity index (χ4n) is 3.03. The van der Waals surface area contributed by atoms with E-state index in [0.29, 0.717) is 45.8 Å². The summed E-state index contributed by atoms with van der Waals surface area (Å²) in [5.74, 6) is 0.288. The first-order valence-corrected chi connectivity index (χ1v) is 10.8. The molecule has 162 valence electrons. The Morgan fingerprint density at radius 3 is 2.27 bits per heavy atom. The van der Waals surface area contributed by atoms with Crippen LogP contribution in [0.1, 0.15) is 31.7 Å². The Morgan fingerprint density at radius 2 is 1.70 bits per heavy atom. The summed E-state index contributed by atoms with van der Waals surface area (Å²) in [7, 11) is 1.55. The molecule has 0 spiro atoms. The predicted molar refractivity (Wildman–Crippen MR) is 121 cm³/mol. The molecule has 8 heteroatoms. The van der Waals surface area contributed by atoms with Gasteiger partial charge in [0.05, 0.1) is 6.61 Å². The first-order chi connectivity index (χ1) is 14.4. The molecule has 0 bridgehead atoms. The highest BCUT2D eigenvalue weighted by Crippen LogP contribution is 2.27. The molecule has 0 aliphatic rings. The summed E-state index contributed by atoms with van der Waals surface area (Å²) in [4.78, 5) is 27.0. The first-order valence-electron chi connectivity index (χ1n) is 9.69. The molecular weight excluding hydrogens is 447 g/mol. The number of carbonyl (C=O) groups excluding carboxylic acids is 2. The molecule has 2 amide bonds. The van der Waals surface area contributed by atoms with Crippen molar-refractivity contribution in [3.8, 4) is 5.75 Å². The van der Waals surface area contributed by atoms with E-state index in [2.05, 4.69) is 5.32 Å². The molecule has 0 aliphatic heterocycles. The molecule has 2 aromatic rings. The van der Waals surface area contributed by atoms with Crippen LogP contribution in [0.25, 0.3) is 0 Å². The summed E-state index contributed by atoms with van der Waals surface area (Å²) in [6, 6.07) is 11.6. The summed E-state index contributed by atoms with van der Waals surface area (Å²) < 4.78 is 5.65. The SMILES string of the molecule is CC[C@@H](C(=O)NC)N(Cc1c(Cl)cccc1Cl)C(=O)CCCOc1ccc(Cl)cc1. The van der Waals surface area contributed by atoms with Crippen LogP contribution in [0, 0.1) is 0 Å². The lowest BCUT2D eigenvalue weighted by molar-refractivity contribution is -0.141. The van der Waals surface area contributed by atoms with Crippen molar-refractivity contribution in [3.05, 3.63) is 63.1 Å². The molecule has 30 heavy (non-hydrogen) atoms. The molecule has 2 rings (SSSR count). The zero-order valence-corrected chi connectivity index (χ0v) is 19.2. The molecule has 0 heterocycles. The number of likely N-dealkylation sites (N-methyl/N-ethyl adjacent to an activating group) is 1. The van der Waals surface area contributed by atoms with E-state index in [-0.39, 0.29) is 24.8 Å². The van der Waals surface area contributed by atoms with Crippen molar-refractivity contribution in [2.24, 2.45) is 0 Å². The number of benzene rings is 2. The van der Waals surface area contributed by atoms with Gasteiger partial charge in [0.1, 0.15) is 11.8 Å². The standard InChI is InChI=1S/C22H25Cl3N2O3/c1-3-20(22(29)26-2)27(14-17-18(24)6-4-7-19(17)25)21(28)8-5-13-30-16-11-9-15(23)10-12-16/h4,6-7,9-12,20H,3,5,8,13-14H2,1-2H3,(H,26,29)/t20-/m0/s1. The Morgan fingerprint density at radius 1 is 1.07 bits per heavy atom. The van der Waals surface area contributed by atoms with E-state index in [0.717, 1.165) is 0 Å². The van der Waals surface area contributed by atoms with Crippen molar-refractivity contribution < 1.29 is 14.3 Å². The first kappa shape index (κ1) is 24.3. The van der Waals surface area contributed by atoms with Crippen LogP contribution in [0.15, 0.2) is 42.5 Å². The van der Waals surface area contributed by atoms with E-state index in [1.165, 1.54) is 4.90 Å². The van der Waals surface area contributed by atoms with Crippen molar-refractivity contribution in [1.82, 2.24) is 10.2 Å². The van der Waals surface area contributed by atoms with E-state index in [1.54, 1.807) is 49.5 Å². The van der Waals surface area contributed by atoms with Crippen LogP contribution in [0.5, 0.6) is 5.75 Å². The van der Waals surface area contributed by atoms with Gasteiger partial charge in [0.2, 0.25) is 11.8 Å². The Kier molecular flexibility index (Phi) is 9.76. The average molecular weight is 472 g/mol. The van der Waals surface area contributed by atoms with Crippen LogP contribution in [-0.4, -0.2) is 36.4 Å². The largest absolute Gasteiger partial charge is 0.494 e. The lowest BCUT2D eigenvalue weighted by atomic mass is 10.1. The number of amides is 2. The van der Waals surface area contributed by atoms with Crippen LogP contribution < -0.4 is 10.1 Å². The second kappa shape index (κ2) is 12.0. The maximum Gasteiger partial charge on any atom is 0.242 e. The normalized spacial score (nSPS) is 11.6. The lowest BCUT2D eigenvalue weighted by Crippen LogP contribution is -2.48. The van der Waals surface area contributed by atoms with Gasteiger partial charge in [-0.05, 0) is 49.2 Å². The smallest absolute Gasteiger partial charge is 0.242 e. The minimum absolute atomic E-state index is 0.154. The zero-order chi connectivity index (χ0) is 22.1. The van der Waals surface area contributed by atoms with Crippen LogP contribution in [0.3, 0.4) is 0 Å².